The van der Waals surface area contributed by atoms with Crippen LogP contribution in [-0.4, -0.2) is 32.0 Å². The first-order chi connectivity index (χ1) is 8.63. The van der Waals surface area contributed by atoms with E-state index in [0.717, 1.165) is 5.69 Å². The molecule has 1 fully saturated rings. The van der Waals surface area contributed by atoms with Gasteiger partial charge in [-0.15, -0.1) is 0 Å². The molecule has 96 valence electrons. The summed E-state index contributed by atoms with van der Waals surface area (Å²) >= 11 is 6.11. The van der Waals surface area contributed by atoms with E-state index in [2.05, 4.69) is 4.74 Å². The van der Waals surface area contributed by atoms with Crippen LogP contribution in [0.2, 0.25) is 5.02 Å². The van der Waals surface area contributed by atoms with Crippen LogP contribution in [0.15, 0.2) is 24.3 Å². The number of carbonyl (C=O) groups excluding carboxylic acids is 2. The van der Waals surface area contributed by atoms with Crippen molar-refractivity contribution in [3.63, 3.8) is 0 Å². The van der Waals surface area contributed by atoms with Crippen molar-refractivity contribution in [2.45, 2.75) is 6.42 Å². The molecule has 18 heavy (non-hydrogen) atoms. The number of ether oxygens (including phenoxy) is 1. The largest absolute Gasteiger partial charge is 0.468 e. The summed E-state index contributed by atoms with van der Waals surface area (Å²) in [7, 11) is 1.30. The Labute approximate surface area is 110 Å². The molecule has 4 nitrogen and oxygen atoms in total. The molecule has 1 saturated heterocycles. The molecule has 0 spiro atoms. The van der Waals surface area contributed by atoms with Crippen LogP contribution in [0, 0.1) is 5.92 Å². The van der Waals surface area contributed by atoms with Crippen molar-refractivity contribution in [1.29, 1.82) is 0 Å². The van der Waals surface area contributed by atoms with Crippen molar-refractivity contribution in [2.24, 2.45) is 5.92 Å². The number of para-hydroxylation sites is 1. The summed E-state index contributed by atoms with van der Waals surface area (Å²) in [5.41, 5.74) is 0.848. The van der Waals surface area contributed by atoms with Gasteiger partial charge in [0.15, 0.2) is 5.78 Å². The summed E-state index contributed by atoms with van der Waals surface area (Å²) < 4.78 is 4.66. The van der Waals surface area contributed by atoms with E-state index in [9.17, 15) is 9.59 Å². The van der Waals surface area contributed by atoms with E-state index >= 15 is 0 Å². The molecule has 0 amide bonds. The van der Waals surface area contributed by atoms with E-state index in [-0.39, 0.29) is 5.78 Å². The van der Waals surface area contributed by atoms with Gasteiger partial charge in [-0.05, 0) is 12.1 Å². The zero-order chi connectivity index (χ0) is 13.1. The maximum absolute atomic E-state index is 11.7. The van der Waals surface area contributed by atoms with Gasteiger partial charge in [0.25, 0.3) is 0 Å². The number of esters is 1. The minimum atomic E-state index is -0.708. The molecular formula is C13H14ClNO3. The molecule has 0 radical (unpaired) electrons. The first-order valence-corrected chi connectivity index (χ1v) is 6.11. The van der Waals surface area contributed by atoms with Gasteiger partial charge in [0.1, 0.15) is 5.92 Å². The Balaban J connectivity index is 2.20. The van der Waals surface area contributed by atoms with Crippen LogP contribution in [0.1, 0.15) is 6.42 Å². The maximum Gasteiger partial charge on any atom is 0.318 e. The van der Waals surface area contributed by atoms with E-state index in [1.165, 1.54) is 7.11 Å². The lowest BCUT2D eigenvalue weighted by Gasteiger charge is -2.32. The molecule has 1 heterocycles. The van der Waals surface area contributed by atoms with E-state index in [0.29, 0.717) is 24.5 Å². The second kappa shape index (κ2) is 5.40. The van der Waals surface area contributed by atoms with E-state index in [4.69, 9.17) is 11.6 Å². The van der Waals surface area contributed by atoms with Crippen LogP contribution in [0.5, 0.6) is 0 Å². The molecule has 1 aliphatic heterocycles. The summed E-state index contributed by atoms with van der Waals surface area (Å²) in [6.45, 7) is 0.908. The quantitative estimate of drug-likeness (QED) is 0.607. The van der Waals surface area contributed by atoms with E-state index < -0.39 is 11.9 Å². The van der Waals surface area contributed by atoms with Gasteiger partial charge in [0.05, 0.1) is 17.8 Å². The maximum atomic E-state index is 11.7. The van der Waals surface area contributed by atoms with Gasteiger partial charge in [-0.2, -0.15) is 0 Å². The lowest BCUT2D eigenvalue weighted by molar-refractivity contribution is -0.149. The van der Waals surface area contributed by atoms with Crippen molar-refractivity contribution in [3.05, 3.63) is 29.3 Å². The van der Waals surface area contributed by atoms with Crippen LogP contribution in [0.25, 0.3) is 0 Å². The zero-order valence-corrected chi connectivity index (χ0v) is 10.8. The molecular weight excluding hydrogens is 254 g/mol. The lowest BCUT2D eigenvalue weighted by Crippen LogP contribution is -2.44. The molecule has 0 N–H and O–H groups in total. The van der Waals surface area contributed by atoms with E-state index in [1.807, 2.05) is 23.1 Å². The fraction of sp³-hybridized carbons (Fsp3) is 0.385. The highest BCUT2D eigenvalue weighted by molar-refractivity contribution is 6.33. The predicted molar refractivity (Wildman–Crippen MR) is 68.8 cm³/mol. The van der Waals surface area contributed by atoms with Crippen molar-refractivity contribution >= 4 is 29.0 Å². The first-order valence-electron chi connectivity index (χ1n) is 5.73. The number of carbonyl (C=O) groups is 2. The summed E-state index contributed by atoms with van der Waals surface area (Å²) in [6.07, 6.45) is 0.338. The van der Waals surface area contributed by atoms with Gasteiger partial charge in [0.2, 0.25) is 0 Å². The SMILES string of the molecule is COC(=O)C1CN(c2ccccc2Cl)CCC1=O. The van der Waals surface area contributed by atoms with Crippen LogP contribution in [0.4, 0.5) is 5.69 Å². The second-order valence-electron chi connectivity index (χ2n) is 4.19. The number of Topliss-reactive ketones (excluding diaryl/α,β-unsaturated/α-hetero) is 1. The molecule has 0 aliphatic carbocycles. The third kappa shape index (κ3) is 2.48. The number of ketones is 1. The smallest absolute Gasteiger partial charge is 0.318 e. The Morgan fingerprint density at radius 1 is 1.44 bits per heavy atom. The normalized spacial score (nSPS) is 19.8. The molecule has 0 bridgehead atoms. The van der Waals surface area contributed by atoms with Gasteiger partial charge in [0, 0.05) is 19.5 Å². The van der Waals surface area contributed by atoms with Crippen molar-refractivity contribution < 1.29 is 14.3 Å². The number of methoxy groups -OCH3 is 1. The number of hydrogen-bond acceptors (Lipinski definition) is 4. The number of halogens is 1. The fourth-order valence-electron chi connectivity index (χ4n) is 2.11. The predicted octanol–water partition coefficient (Wildman–Crippen LogP) is 1.91. The highest BCUT2D eigenvalue weighted by atomic mass is 35.5. The zero-order valence-electron chi connectivity index (χ0n) is 10.1. The van der Waals surface area contributed by atoms with Crippen molar-refractivity contribution in [1.82, 2.24) is 0 Å². The highest BCUT2D eigenvalue weighted by Crippen LogP contribution is 2.28. The standard InChI is InChI=1S/C13H14ClNO3/c1-18-13(17)9-8-15(7-6-12(9)16)11-5-3-2-4-10(11)14/h2-5,9H,6-8H2,1H3. The first kappa shape index (κ1) is 12.9. The Kier molecular flexibility index (Phi) is 3.87. The summed E-state index contributed by atoms with van der Waals surface area (Å²) in [6, 6.07) is 7.40. The van der Waals surface area contributed by atoms with Gasteiger partial charge < -0.3 is 9.64 Å². The number of nitrogens with zero attached hydrogens (tertiary/aromatic N) is 1. The van der Waals surface area contributed by atoms with Crippen molar-refractivity contribution in [3.8, 4) is 0 Å². The van der Waals surface area contributed by atoms with Crippen LogP contribution < -0.4 is 4.90 Å². The average Bonchev–Trinajstić information content (AvgIpc) is 2.39. The molecule has 1 aliphatic rings. The average molecular weight is 268 g/mol. The Hall–Kier alpha value is -1.55. The van der Waals surface area contributed by atoms with E-state index in [1.54, 1.807) is 6.07 Å². The fourth-order valence-corrected chi connectivity index (χ4v) is 2.36. The topological polar surface area (TPSA) is 46.6 Å². The number of benzene rings is 1. The minimum absolute atomic E-state index is 0.0647. The third-order valence-electron chi connectivity index (χ3n) is 3.10. The molecule has 1 aromatic carbocycles. The van der Waals surface area contributed by atoms with Gasteiger partial charge in [-0.1, -0.05) is 23.7 Å². The molecule has 1 unspecified atom stereocenters. The number of piperidine rings is 1. The summed E-state index contributed by atoms with van der Waals surface area (Å²) in [4.78, 5) is 25.2. The Bertz CT molecular complexity index is 467. The summed E-state index contributed by atoms with van der Waals surface area (Å²) in [5, 5.41) is 0.621. The molecule has 5 heteroatoms. The monoisotopic (exact) mass is 267 g/mol. The highest BCUT2D eigenvalue weighted by Gasteiger charge is 2.34. The van der Waals surface area contributed by atoms with Crippen LogP contribution in [-0.2, 0) is 14.3 Å². The number of rotatable bonds is 2. The van der Waals surface area contributed by atoms with Crippen LogP contribution in [0.3, 0.4) is 0 Å². The molecule has 0 saturated carbocycles. The summed E-state index contributed by atoms with van der Waals surface area (Å²) in [5.74, 6) is -1.25. The minimum Gasteiger partial charge on any atom is -0.468 e. The van der Waals surface area contributed by atoms with Gasteiger partial charge in [-0.3, -0.25) is 9.59 Å². The van der Waals surface area contributed by atoms with Gasteiger partial charge >= 0.3 is 5.97 Å². The second-order valence-corrected chi connectivity index (χ2v) is 4.60. The molecule has 2 rings (SSSR count). The molecule has 1 atom stereocenters. The van der Waals surface area contributed by atoms with Crippen molar-refractivity contribution in [2.75, 3.05) is 25.1 Å². The number of anilines is 1. The van der Waals surface area contributed by atoms with Gasteiger partial charge in [-0.25, -0.2) is 0 Å². The lowest BCUT2D eigenvalue weighted by atomic mass is 9.96. The number of hydrogen-bond donors (Lipinski definition) is 0. The Morgan fingerprint density at radius 2 is 2.17 bits per heavy atom. The third-order valence-corrected chi connectivity index (χ3v) is 3.42. The van der Waals surface area contributed by atoms with Crippen LogP contribution >= 0.6 is 11.6 Å². The Morgan fingerprint density at radius 3 is 2.83 bits per heavy atom. The molecule has 0 aromatic heterocycles. The molecule has 1 aromatic rings.